The fourth-order valence-corrected chi connectivity index (χ4v) is 2.68. The van der Waals surface area contributed by atoms with Crippen molar-refractivity contribution in [2.75, 3.05) is 19.7 Å². The third kappa shape index (κ3) is 2.38. The Balaban J connectivity index is 1.93. The van der Waals surface area contributed by atoms with Gasteiger partial charge in [0.25, 0.3) is 5.91 Å². The maximum atomic E-state index is 11.9. The van der Waals surface area contributed by atoms with Crippen molar-refractivity contribution in [2.24, 2.45) is 5.92 Å². The molecule has 1 N–H and O–H groups in total. The smallest absolute Gasteiger partial charge is 0.263 e. The predicted octanol–water partition coefficient (Wildman–Crippen LogP) is 1.59. The van der Waals surface area contributed by atoms with Gasteiger partial charge in [-0.1, -0.05) is 6.07 Å². The second-order valence-electron chi connectivity index (χ2n) is 3.90. The molecule has 82 valence electrons. The Bertz CT molecular complexity index is 323. The minimum atomic E-state index is 0.144. The summed E-state index contributed by atoms with van der Waals surface area (Å²) in [6.45, 7) is 1.87. The quantitative estimate of drug-likeness (QED) is 0.848. The SMILES string of the molecule is O=C(c1cccs1)N1CCC(CCO)C1. The van der Waals surface area contributed by atoms with E-state index in [0.717, 1.165) is 30.8 Å². The van der Waals surface area contributed by atoms with Crippen LogP contribution in [0.5, 0.6) is 0 Å². The van der Waals surface area contributed by atoms with Crippen LogP contribution in [0.15, 0.2) is 17.5 Å². The molecular formula is C11H15NO2S. The number of hydrogen-bond donors (Lipinski definition) is 1. The minimum Gasteiger partial charge on any atom is -0.396 e. The number of amides is 1. The molecule has 0 aliphatic carbocycles. The first-order valence-corrected chi connectivity index (χ1v) is 6.13. The number of hydrogen-bond acceptors (Lipinski definition) is 3. The molecule has 1 aromatic rings. The Labute approximate surface area is 93.3 Å². The molecule has 2 rings (SSSR count). The number of carbonyl (C=O) groups excluding carboxylic acids is 1. The van der Waals surface area contributed by atoms with E-state index < -0.39 is 0 Å². The van der Waals surface area contributed by atoms with Gasteiger partial charge >= 0.3 is 0 Å². The average molecular weight is 225 g/mol. The Morgan fingerprint density at radius 3 is 3.20 bits per heavy atom. The average Bonchev–Trinajstić information content (AvgIpc) is 2.87. The van der Waals surface area contributed by atoms with Crippen molar-refractivity contribution in [3.05, 3.63) is 22.4 Å². The standard InChI is InChI=1S/C11H15NO2S/c13-6-4-9-3-5-12(8-9)11(14)10-2-1-7-15-10/h1-2,7,9,13H,3-6,8H2. The fourth-order valence-electron chi connectivity index (χ4n) is 1.99. The zero-order chi connectivity index (χ0) is 10.7. The van der Waals surface area contributed by atoms with Gasteiger partial charge in [-0.25, -0.2) is 0 Å². The van der Waals surface area contributed by atoms with Crippen molar-refractivity contribution in [1.29, 1.82) is 0 Å². The monoisotopic (exact) mass is 225 g/mol. The summed E-state index contributed by atoms with van der Waals surface area (Å²) in [5.41, 5.74) is 0. The molecular weight excluding hydrogens is 210 g/mol. The van der Waals surface area contributed by atoms with E-state index in [9.17, 15) is 4.79 Å². The molecule has 1 aliphatic heterocycles. The normalized spacial score (nSPS) is 20.9. The molecule has 2 heterocycles. The van der Waals surface area contributed by atoms with Crippen LogP contribution in [0.4, 0.5) is 0 Å². The summed E-state index contributed by atoms with van der Waals surface area (Å²) in [5.74, 6) is 0.629. The summed E-state index contributed by atoms with van der Waals surface area (Å²) in [4.78, 5) is 14.6. The van der Waals surface area contributed by atoms with E-state index in [2.05, 4.69) is 0 Å². The summed E-state index contributed by atoms with van der Waals surface area (Å²) in [7, 11) is 0. The van der Waals surface area contributed by atoms with Gasteiger partial charge in [0, 0.05) is 19.7 Å². The van der Waals surface area contributed by atoms with E-state index in [1.54, 1.807) is 0 Å². The first kappa shape index (κ1) is 10.6. The molecule has 0 aromatic carbocycles. The summed E-state index contributed by atoms with van der Waals surface area (Å²) in [6.07, 6.45) is 1.84. The number of aliphatic hydroxyl groups excluding tert-OH is 1. The molecule has 0 saturated carbocycles. The lowest BCUT2D eigenvalue weighted by Gasteiger charge is -2.15. The van der Waals surface area contributed by atoms with Gasteiger partial charge in [0.15, 0.2) is 0 Å². The van der Waals surface area contributed by atoms with Gasteiger partial charge in [-0.3, -0.25) is 4.79 Å². The Morgan fingerprint density at radius 2 is 2.53 bits per heavy atom. The first-order chi connectivity index (χ1) is 7.31. The van der Waals surface area contributed by atoms with Gasteiger partial charge in [-0.15, -0.1) is 11.3 Å². The third-order valence-electron chi connectivity index (χ3n) is 2.84. The van der Waals surface area contributed by atoms with Crippen molar-refractivity contribution in [1.82, 2.24) is 4.90 Å². The summed E-state index contributed by atoms with van der Waals surface area (Å²) in [6, 6.07) is 3.77. The van der Waals surface area contributed by atoms with Gasteiger partial charge in [0.05, 0.1) is 4.88 Å². The van der Waals surface area contributed by atoms with Gasteiger partial charge in [-0.05, 0) is 30.2 Å². The highest BCUT2D eigenvalue weighted by Gasteiger charge is 2.26. The Hall–Kier alpha value is -0.870. The van der Waals surface area contributed by atoms with Crippen molar-refractivity contribution in [3.8, 4) is 0 Å². The lowest BCUT2D eigenvalue weighted by atomic mass is 10.1. The van der Waals surface area contributed by atoms with E-state index in [-0.39, 0.29) is 12.5 Å². The van der Waals surface area contributed by atoms with Crippen molar-refractivity contribution < 1.29 is 9.90 Å². The van der Waals surface area contributed by atoms with Crippen LogP contribution in [0, 0.1) is 5.92 Å². The Morgan fingerprint density at radius 1 is 1.67 bits per heavy atom. The van der Waals surface area contributed by atoms with Crippen LogP contribution >= 0.6 is 11.3 Å². The van der Waals surface area contributed by atoms with Crippen molar-refractivity contribution >= 4 is 17.2 Å². The van der Waals surface area contributed by atoms with Crippen molar-refractivity contribution in [2.45, 2.75) is 12.8 Å². The highest BCUT2D eigenvalue weighted by Crippen LogP contribution is 2.22. The second-order valence-corrected chi connectivity index (χ2v) is 4.84. The predicted molar refractivity (Wildman–Crippen MR) is 60.0 cm³/mol. The molecule has 0 bridgehead atoms. The number of carbonyl (C=O) groups is 1. The van der Waals surface area contributed by atoms with Gasteiger partial charge < -0.3 is 10.0 Å². The van der Waals surface area contributed by atoms with Crippen LogP contribution in [0.3, 0.4) is 0 Å². The van der Waals surface area contributed by atoms with E-state index in [1.807, 2.05) is 22.4 Å². The van der Waals surface area contributed by atoms with E-state index >= 15 is 0 Å². The number of aliphatic hydroxyl groups is 1. The molecule has 1 saturated heterocycles. The molecule has 1 atom stereocenters. The molecule has 1 aromatic heterocycles. The number of likely N-dealkylation sites (tertiary alicyclic amines) is 1. The maximum Gasteiger partial charge on any atom is 0.263 e. The minimum absolute atomic E-state index is 0.144. The maximum absolute atomic E-state index is 11.9. The Kier molecular flexibility index (Phi) is 3.38. The molecule has 1 aliphatic rings. The topological polar surface area (TPSA) is 40.5 Å². The van der Waals surface area contributed by atoms with Gasteiger partial charge in [-0.2, -0.15) is 0 Å². The number of thiophene rings is 1. The first-order valence-electron chi connectivity index (χ1n) is 5.25. The lowest BCUT2D eigenvalue weighted by molar-refractivity contribution is 0.0789. The molecule has 4 heteroatoms. The van der Waals surface area contributed by atoms with Crippen LogP contribution in [0.2, 0.25) is 0 Å². The molecule has 3 nitrogen and oxygen atoms in total. The van der Waals surface area contributed by atoms with Gasteiger partial charge in [0.2, 0.25) is 0 Å². The zero-order valence-electron chi connectivity index (χ0n) is 8.56. The largest absolute Gasteiger partial charge is 0.396 e. The van der Waals surface area contributed by atoms with Crippen LogP contribution < -0.4 is 0 Å². The van der Waals surface area contributed by atoms with Crippen LogP contribution in [-0.4, -0.2) is 35.6 Å². The fraction of sp³-hybridized carbons (Fsp3) is 0.545. The summed E-state index contributed by atoms with van der Waals surface area (Å²) >= 11 is 1.49. The van der Waals surface area contributed by atoms with Crippen LogP contribution in [0.1, 0.15) is 22.5 Å². The molecule has 1 amide bonds. The zero-order valence-corrected chi connectivity index (χ0v) is 9.37. The number of nitrogens with zero attached hydrogens (tertiary/aromatic N) is 1. The van der Waals surface area contributed by atoms with E-state index in [0.29, 0.717) is 5.92 Å². The molecule has 1 fully saturated rings. The summed E-state index contributed by atoms with van der Waals surface area (Å²) in [5, 5.41) is 10.8. The molecule has 0 spiro atoms. The molecule has 0 radical (unpaired) electrons. The highest BCUT2D eigenvalue weighted by molar-refractivity contribution is 7.12. The van der Waals surface area contributed by atoms with E-state index in [1.165, 1.54) is 11.3 Å². The van der Waals surface area contributed by atoms with Crippen LogP contribution in [-0.2, 0) is 0 Å². The number of rotatable bonds is 3. The lowest BCUT2D eigenvalue weighted by Crippen LogP contribution is -2.28. The molecule has 15 heavy (non-hydrogen) atoms. The molecule has 1 unspecified atom stereocenters. The van der Waals surface area contributed by atoms with Crippen LogP contribution in [0.25, 0.3) is 0 Å². The van der Waals surface area contributed by atoms with Gasteiger partial charge in [0.1, 0.15) is 0 Å². The van der Waals surface area contributed by atoms with E-state index in [4.69, 9.17) is 5.11 Å². The second kappa shape index (κ2) is 4.77. The summed E-state index contributed by atoms with van der Waals surface area (Å²) < 4.78 is 0. The highest BCUT2D eigenvalue weighted by atomic mass is 32.1. The van der Waals surface area contributed by atoms with Crippen molar-refractivity contribution in [3.63, 3.8) is 0 Å². The third-order valence-corrected chi connectivity index (χ3v) is 3.70.